The number of nitrogens with two attached hydrogens (primary N) is 1. The molecule has 98 valence electrons. The monoisotopic (exact) mass is 248 g/mol. The summed E-state index contributed by atoms with van der Waals surface area (Å²) in [5, 5.41) is 4.48. The Labute approximate surface area is 107 Å². The van der Waals surface area contributed by atoms with E-state index in [2.05, 4.69) is 17.0 Å². The highest BCUT2D eigenvalue weighted by atomic mass is 16.3. The van der Waals surface area contributed by atoms with Crippen LogP contribution in [-0.2, 0) is 20.0 Å². The first-order valence-corrected chi connectivity index (χ1v) is 6.08. The van der Waals surface area contributed by atoms with Crippen molar-refractivity contribution in [1.29, 1.82) is 0 Å². The molecule has 5 nitrogen and oxygen atoms in total. The van der Waals surface area contributed by atoms with Crippen molar-refractivity contribution in [2.24, 2.45) is 12.8 Å². The lowest BCUT2D eigenvalue weighted by Gasteiger charge is -2.20. The summed E-state index contributed by atoms with van der Waals surface area (Å²) >= 11 is 0. The number of nitrogens with zero attached hydrogens (tertiary/aromatic N) is 3. The average molecular weight is 248 g/mol. The molecule has 2 aromatic heterocycles. The Morgan fingerprint density at radius 1 is 1.50 bits per heavy atom. The van der Waals surface area contributed by atoms with Gasteiger partial charge in [-0.25, -0.2) is 0 Å². The minimum absolute atomic E-state index is 0.638. The van der Waals surface area contributed by atoms with Crippen LogP contribution < -0.4 is 10.6 Å². The zero-order valence-electron chi connectivity index (χ0n) is 11.2. The van der Waals surface area contributed by atoms with E-state index in [0.29, 0.717) is 6.54 Å². The van der Waals surface area contributed by atoms with Crippen LogP contribution in [0.4, 0.5) is 5.82 Å². The van der Waals surface area contributed by atoms with Gasteiger partial charge in [0.25, 0.3) is 0 Å². The third-order valence-corrected chi connectivity index (χ3v) is 3.07. The molecule has 2 N–H and O–H groups in total. The Kier molecular flexibility index (Phi) is 3.72. The zero-order valence-corrected chi connectivity index (χ0v) is 11.2. The van der Waals surface area contributed by atoms with Gasteiger partial charge in [-0.1, -0.05) is 0 Å². The third-order valence-electron chi connectivity index (χ3n) is 3.07. The first-order chi connectivity index (χ1) is 8.63. The van der Waals surface area contributed by atoms with Crippen LogP contribution in [0.25, 0.3) is 0 Å². The van der Waals surface area contributed by atoms with Gasteiger partial charge in [-0.15, -0.1) is 0 Å². The van der Waals surface area contributed by atoms with E-state index in [1.165, 1.54) is 5.56 Å². The third kappa shape index (κ3) is 2.41. The van der Waals surface area contributed by atoms with E-state index in [4.69, 9.17) is 10.2 Å². The van der Waals surface area contributed by atoms with Crippen LogP contribution in [0, 0.1) is 6.92 Å². The predicted molar refractivity (Wildman–Crippen MR) is 71.5 cm³/mol. The lowest BCUT2D eigenvalue weighted by Crippen LogP contribution is -2.21. The highest BCUT2D eigenvalue weighted by Crippen LogP contribution is 2.24. The molecule has 0 amide bonds. The minimum atomic E-state index is 0.638. The van der Waals surface area contributed by atoms with E-state index in [0.717, 1.165) is 30.0 Å². The molecule has 18 heavy (non-hydrogen) atoms. The maximum absolute atomic E-state index is 5.67. The van der Waals surface area contributed by atoms with Crippen molar-refractivity contribution in [3.8, 4) is 0 Å². The van der Waals surface area contributed by atoms with Crippen LogP contribution in [0.2, 0.25) is 0 Å². The van der Waals surface area contributed by atoms with Gasteiger partial charge in [-0.2, -0.15) is 5.10 Å². The summed E-state index contributed by atoms with van der Waals surface area (Å²) in [6.07, 6.45) is 4.31. The quantitative estimate of drug-likeness (QED) is 0.870. The van der Waals surface area contributed by atoms with E-state index in [1.54, 1.807) is 12.5 Å². The average Bonchev–Trinajstić information content (AvgIpc) is 2.89. The number of aryl methyl sites for hydroxylation is 2. The Morgan fingerprint density at radius 3 is 2.89 bits per heavy atom. The summed E-state index contributed by atoms with van der Waals surface area (Å²) in [6.45, 7) is 3.46. The molecule has 2 aromatic rings. The SMILES string of the molecule is Cc1nn(C)c(N(C)Cc2ccoc2)c1CCN. The van der Waals surface area contributed by atoms with Crippen molar-refractivity contribution in [2.45, 2.75) is 19.9 Å². The summed E-state index contributed by atoms with van der Waals surface area (Å²) in [7, 11) is 4.03. The molecule has 5 heteroatoms. The maximum atomic E-state index is 5.67. The van der Waals surface area contributed by atoms with Crippen LogP contribution in [0.1, 0.15) is 16.8 Å². The van der Waals surface area contributed by atoms with Gasteiger partial charge in [-0.05, 0) is 26.0 Å². The Bertz CT molecular complexity index is 501. The minimum Gasteiger partial charge on any atom is -0.472 e. The van der Waals surface area contributed by atoms with Gasteiger partial charge in [0.2, 0.25) is 0 Å². The van der Waals surface area contributed by atoms with Crippen LogP contribution in [0.3, 0.4) is 0 Å². The second-order valence-electron chi connectivity index (χ2n) is 4.54. The molecule has 0 bridgehead atoms. The van der Waals surface area contributed by atoms with Crippen LogP contribution in [0.5, 0.6) is 0 Å². The van der Waals surface area contributed by atoms with Crippen LogP contribution in [-0.4, -0.2) is 23.4 Å². The van der Waals surface area contributed by atoms with Crippen molar-refractivity contribution in [1.82, 2.24) is 9.78 Å². The lowest BCUT2D eigenvalue weighted by atomic mass is 10.1. The van der Waals surface area contributed by atoms with Gasteiger partial charge in [0.15, 0.2) is 0 Å². The van der Waals surface area contributed by atoms with Gasteiger partial charge < -0.3 is 15.1 Å². The summed E-state index contributed by atoms with van der Waals surface area (Å²) in [4.78, 5) is 2.18. The fourth-order valence-electron chi connectivity index (χ4n) is 2.34. The molecule has 0 fully saturated rings. The molecular weight excluding hydrogens is 228 g/mol. The molecule has 0 saturated heterocycles. The molecule has 0 aromatic carbocycles. The van der Waals surface area contributed by atoms with Crippen molar-refractivity contribution in [2.75, 3.05) is 18.5 Å². The van der Waals surface area contributed by atoms with E-state index < -0.39 is 0 Å². The summed E-state index contributed by atoms with van der Waals surface area (Å²) < 4.78 is 7.01. The van der Waals surface area contributed by atoms with Crippen molar-refractivity contribution in [3.05, 3.63) is 35.4 Å². The Balaban J connectivity index is 2.26. The highest BCUT2D eigenvalue weighted by Gasteiger charge is 2.16. The number of anilines is 1. The van der Waals surface area contributed by atoms with Gasteiger partial charge >= 0.3 is 0 Å². The molecule has 0 radical (unpaired) electrons. The van der Waals surface area contributed by atoms with E-state index in [1.807, 2.05) is 24.7 Å². The van der Waals surface area contributed by atoms with E-state index in [-0.39, 0.29) is 0 Å². The Morgan fingerprint density at radius 2 is 2.28 bits per heavy atom. The molecule has 0 aliphatic rings. The van der Waals surface area contributed by atoms with Gasteiger partial charge in [0, 0.05) is 31.8 Å². The molecule has 0 saturated carbocycles. The number of aromatic nitrogens is 2. The smallest absolute Gasteiger partial charge is 0.130 e. The molecule has 0 unspecified atom stereocenters. The lowest BCUT2D eigenvalue weighted by molar-refractivity contribution is 0.563. The standard InChI is InChI=1S/C13H20N4O/c1-10-12(4-6-14)13(17(3)15-10)16(2)8-11-5-7-18-9-11/h5,7,9H,4,6,8,14H2,1-3H3. The number of rotatable bonds is 5. The van der Waals surface area contributed by atoms with Crippen molar-refractivity contribution in [3.63, 3.8) is 0 Å². The fourth-order valence-corrected chi connectivity index (χ4v) is 2.34. The first-order valence-electron chi connectivity index (χ1n) is 6.08. The summed E-state index contributed by atoms with van der Waals surface area (Å²) in [5.41, 5.74) is 9.10. The second-order valence-corrected chi connectivity index (χ2v) is 4.54. The molecule has 2 rings (SSSR count). The van der Waals surface area contributed by atoms with Gasteiger partial charge in [-0.3, -0.25) is 4.68 Å². The fraction of sp³-hybridized carbons (Fsp3) is 0.462. The normalized spacial score (nSPS) is 10.9. The van der Waals surface area contributed by atoms with Gasteiger partial charge in [0.05, 0.1) is 18.2 Å². The number of hydrogen-bond acceptors (Lipinski definition) is 4. The van der Waals surface area contributed by atoms with E-state index in [9.17, 15) is 0 Å². The van der Waals surface area contributed by atoms with Crippen molar-refractivity contribution < 1.29 is 4.42 Å². The largest absolute Gasteiger partial charge is 0.472 e. The molecule has 0 atom stereocenters. The number of hydrogen-bond donors (Lipinski definition) is 1. The molecule has 0 aliphatic carbocycles. The predicted octanol–water partition coefficient (Wildman–Crippen LogP) is 1.46. The zero-order chi connectivity index (χ0) is 13.1. The first kappa shape index (κ1) is 12.7. The summed E-state index contributed by atoms with van der Waals surface area (Å²) in [6, 6.07) is 1.97. The Hall–Kier alpha value is -1.75. The van der Waals surface area contributed by atoms with Crippen molar-refractivity contribution >= 4 is 5.82 Å². The topological polar surface area (TPSA) is 60.2 Å². The highest BCUT2D eigenvalue weighted by molar-refractivity contribution is 5.50. The molecular formula is C13H20N4O. The second kappa shape index (κ2) is 5.27. The van der Waals surface area contributed by atoms with Crippen LogP contribution in [0.15, 0.2) is 23.0 Å². The number of furan rings is 1. The maximum Gasteiger partial charge on any atom is 0.130 e. The van der Waals surface area contributed by atoms with Crippen LogP contribution >= 0.6 is 0 Å². The molecule has 2 heterocycles. The van der Waals surface area contributed by atoms with Gasteiger partial charge in [0.1, 0.15) is 5.82 Å². The molecule has 0 aliphatic heterocycles. The summed E-state index contributed by atoms with van der Waals surface area (Å²) in [5.74, 6) is 1.12. The van der Waals surface area contributed by atoms with E-state index >= 15 is 0 Å². The molecule has 0 spiro atoms.